The molecule has 5 nitrogen and oxygen atoms in total. The highest BCUT2D eigenvalue weighted by Gasteiger charge is 2.15. The highest BCUT2D eigenvalue weighted by Crippen LogP contribution is 2.19. The Kier molecular flexibility index (Phi) is 5.70. The fraction of sp³-hybridized carbons (Fsp3) is 0.467. The molecular weight excluding hydrogens is 254 g/mol. The number of carbonyl (C=O) groups is 2. The quantitative estimate of drug-likeness (QED) is 0.858. The highest BCUT2D eigenvalue weighted by atomic mass is 16.2. The third-order valence-corrected chi connectivity index (χ3v) is 3.20. The van der Waals surface area contributed by atoms with E-state index >= 15 is 0 Å². The first-order valence-corrected chi connectivity index (χ1v) is 6.70. The zero-order chi connectivity index (χ0) is 15.3. The average molecular weight is 277 g/mol. The van der Waals surface area contributed by atoms with E-state index in [1.165, 1.54) is 4.90 Å². The molecule has 1 aromatic carbocycles. The van der Waals surface area contributed by atoms with Crippen LogP contribution in [0.5, 0.6) is 0 Å². The maximum absolute atomic E-state index is 12.0. The normalized spacial score (nSPS) is 11.8. The Morgan fingerprint density at radius 1 is 1.35 bits per heavy atom. The van der Waals surface area contributed by atoms with E-state index in [0.717, 1.165) is 5.56 Å². The number of nitrogens with zero attached hydrogens (tertiary/aromatic N) is 1. The molecule has 0 radical (unpaired) electrons. The number of benzene rings is 1. The van der Waals surface area contributed by atoms with Crippen LogP contribution in [0.25, 0.3) is 0 Å². The molecule has 20 heavy (non-hydrogen) atoms. The molecule has 0 aliphatic heterocycles. The summed E-state index contributed by atoms with van der Waals surface area (Å²) in [5, 5.41) is 2.86. The van der Waals surface area contributed by atoms with Crippen molar-refractivity contribution in [3.63, 3.8) is 0 Å². The van der Waals surface area contributed by atoms with Crippen molar-refractivity contribution in [1.29, 1.82) is 0 Å². The number of carbonyl (C=O) groups excluding carboxylic acids is 2. The summed E-state index contributed by atoms with van der Waals surface area (Å²) in [4.78, 5) is 25.4. The van der Waals surface area contributed by atoms with Crippen molar-refractivity contribution in [2.75, 3.05) is 26.0 Å². The number of anilines is 1. The lowest BCUT2D eigenvalue weighted by atomic mass is 10.1. The highest BCUT2D eigenvalue weighted by molar-refractivity contribution is 5.98. The summed E-state index contributed by atoms with van der Waals surface area (Å²) in [5.41, 5.74) is 7.61. The fourth-order valence-corrected chi connectivity index (χ4v) is 1.78. The predicted molar refractivity (Wildman–Crippen MR) is 80.7 cm³/mol. The van der Waals surface area contributed by atoms with E-state index in [4.69, 9.17) is 5.73 Å². The van der Waals surface area contributed by atoms with Crippen molar-refractivity contribution in [3.05, 3.63) is 29.3 Å². The maximum Gasteiger partial charge on any atom is 0.253 e. The first kappa shape index (κ1) is 16.2. The maximum atomic E-state index is 12.0. The molecule has 3 N–H and O–H groups in total. The van der Waals surface area contributed by atoms with Crippen LogP contribution in [0.15, 0.2) is 18.2 Å². The standard InChI is InChI=1S/C15H23N3O2/c1-10-5-6-12(15(20)18(3)4)9-13(10)17-14(19)11(2)7-8-16/h5-6,9,11H,7-8,16H2,1-4H3,(H,17,19). The molecule has 0 aliphatic rings. The van der Waals surface area contributed by atoms with Crippen LogP contribution in [-0.2, 0) is 4.79 Å². The van der Waals surface area contributed by atoms with Crippen molar-refractivity contribution >= 4 is 17.5 Å². The van der Waals surface area contributed by atoms with Crippen molar-refractivity contribution in [1.82, 2.24) is 4.90 Å². The largest absolute Gasteiger partial charge is 0.345 e. The average Bonchev–Trinajstić information content (AvgIpc) is 2.40. The molecule has 0 heterocycles. The molecular formula is C15H23N3O2. The summed E-state index contributed by atoms with van der Waals surface area (Å²) in [5.74, 6) is -0.309. The molecule has 1 aromatic rings. The lowest BCUT2D eigenvalue weighted by molar-refractivity contribution is -0.119. The summed E-state index contributed by atoms with van der Waals surface area (Å²) in [6.07, 6.45) is 0.640. The Morgan fingerprint density at radius 2 is 2.00 bits per heavy atom. The van der Waals surface area contributed by atoms with E-state index in [1.54, 1.807) is 26.2 Å². The Morgan fingerprint density at radius 3 is 2.55 bits per heavy atom. The molecule has 110 valence electrons. The third kappa shape index (κ3) is 4.06. The zero-order valence-corrected chi connectivity index (χ0v) is 12.6. The van der Waals surface area contributed by atoms with Gasteiger partial charge in [-0.3, -0.25) is 9.59 Å². The van der Waals surface area contributed by atoms with Gasteiger partial charge < -0.3 is 16.0 Å². The van der Waals surface area contributed by atoms with Gasteiger partial charge in [-0.15, -0.1) is 0 Å². The molecule has 0 fully saturated rings. The molecule has 0 aliphatic carbocycles. The molecule has 1 atom stereocenters. The fourth-order valence-electron chi connectivity index (χ4n) is 1.78. The van der Waals surface area contributed by atoms with Gasteiger partial charge in [0.1, 0.15) is 0 Å². The molecule has 0 bridgehead atoms. The predicted octanol–water partition coefficient (Wildman–Crippen LogP) is 1.62. The molecule has 1 unspecified atom stereocenters. The van der Waals surface area contributed by atoms with Crippen LogP contribution in [0.1, 0.15) is 29.3 Å². The number of rotatable bonds is 5. The van der Waals surface area contributed by atoms with Crippen molar-refractivity contribution in [3.8, 4) is 0 Å². The second-order valence-electron chi connectivity index (χ2n) is 5.20. The third-order valence-electron chi connectivity index (χ3n) is 3.20. The molecule has 0 saturated carbocycles. The van der Waals surface area contributed by atoms with Crippen LogP contribution in [0, 0.1) is 12.8 Å². The van der Waals surface area contributed by atoms with Gasteiger partial charge in [-0.25, -0.2) is 0 Å². The number of amides is 2. The van der Waals surface area contributed by atoms with Gasteiger partial charge in [0.2, 0.25) is 5.91 Å². The molecule has 0 aromatic heterocycles. The van der Waals surface area contributed by atoms with E-state index in [-0.39, 0.29) is 17.7 Å². The molecule has 0 saturated heterocycles. The minimum atomic E-state index is -0.146. The van der Waals surface area contributed by atoms with Crippen LogP contribution in [0.2, 0.25) is 0 Å². The number of nitrogens with two attached hydrogens (primary N) is 1. The Bertz CT molecular complexity index is 498. The molecule has 2 amide bonds. The van der Waals surface area contributed by atoms with E-state index < -0.39 is 0 Å². The van der Waals surface area contributed by atoms with Gasteiger partial charge in [-0.05, 0) is 37.6 Å². The summed E-state index contributed by atoms with van der Waals surface area (Å²) < 4.78 is 0. The topological polar surface area (TPSA) is 75.4 Å². The van der Waals surface area contributed by atoms with Crippen LogP contribution >= 0.6 is 0 Å². The van der Waals surface area contributed by atoms with Crippen molar-refractivity contribution in [2.45, 2.75) is 20.3 Å². The summed E-state index contributed by atoms with van der Waals surface area (Å²) in [6, 6.07) is 5.31. The van der Waals surface area contributed by atoms with Crippen LogP contribution < -0.4 is 11.1 Å². The van der Waals surface area contributed by atoms with Crippen LogP contribution in [0.3, 0.4) is 0 Å². The smallest absolute Gasteiger partial charge is 0.253 e. The first-order valence-electron chi connectivity index (χ1n) is 6.70. The minimum absolute atomic E-state index is 0.0759. The Balaban J connectivity index is 2.92. The number of aryl methyl sites for hydroxylation is 1. The van der Waals surface area contributed by atoms with Crippen molar-refractivity contribution < 1.29 is 9.59 Å². The summed E-state index contributed by atoms with van der Waals surface area (Å²) in [7, 11) is 3.40. The number of hydrogen-bond donors (Lipinski definition) is 2. The summed E-state index contributed by atoms with van der Waals surface area (Å²) in [6.45, 7) is 4.21. The van der Waals surface area contributed by atoms with E-state index in [0.29, 0.717) is 24.2 Å². The van der Waals surface area contributed by atoms with Gasteiger partial charge in [-0.1, -0.05) is 13.0 Å². The second kappa shape index (κ2) is 7.05. The monoisotopic (exact) mass is 277 g/mol. The SMILES string of the molecule is Cc1ccc(C(=O)N(C)C)cc1NC(=O)C(C)CCN. The first-order chi connectivity index (χ1) is 9.36. The number of hydrogen-bond acceptors (Lipinski definition) is 3. The van der Waals surface area contributed by atoms with Gasteiger partial charge in [0.15, 0.2) is 0 Å². The summed E-state index contributed by atoms with van der Waals surface area (Å²) >= 11 is 0. The van der Waals surface area contributed by atoms with Gasteiger partial charge in [0, 0.05) is 31.3 Å². The molecule has 1 rings (SSSR count). The van der Waals surface area contributed by atoms with Crippen molar-refractivity contribution in [2.24, 2.45) is 11.7 Å². The van der Waals surface area contributed by atoms with Gasteiger partial charge >= 0.3 is 0 Å². The lowest BCUT2D eigenvalue weighted by Crippen LogP contribution is -2.24. The Hall–Kier alpha value is -1.88. The lowest BCUT2D eigenvalue weighted by Gasteiger charge is -2.15. The van der Waals surface area contributed by atoms with Gasteiger partial charge in [0.25, 0.3) is 5.91 Å². The zero-order valence-electron chi connectivity index (χ0n) is 12.6. The van der Waals surface area contributed by atoms with Gasteiger partial charge in [-0.2, -0.15) is 0 Å². The van der Waals surface area contributed by atoms with Crippen LogP contribution in [-0.4, -0.2) is 37.4 Å². The minimum Gasteiger partial charge on any atom is -0.345 e. The van der Waals surface area contributed by atoms with Gasteiger partial charge in [0.05, 0.1) is 0 Å². The molecule has 0 spiro atoms. The van der Waals surface area contributed by atoms with E-state index in [2.05, 4.69) is 5.32 Å². The molecule has 5 heteroatoms. The van der Waals surface area contributed by atoms with Crippen LogP contribution in [0.4, 0.5) is 5.69 Å². The van der Waals surface area contributed by atoms with E-state index in [1.807, 2.05) is 19.9 Å². The second-order valence-corrected chi connectivity index (χ2v) is 5.20. The number of nitrogens with one attached hydrogen (secondary N) is 1. The van der Waals surface area contributed by atoms with E-state index in [9.17, 15) is 9.59 Å². The Labute approximate surface area is 120 Å².